The lowest BCUT2D eigenvalue weighted by Crippen LogP contribution is -2.34. The van der Waals surface area contributed by atoms with Crippen LogP contribution in [-0.2, 0) is 4.74 Å². The minimum atomic E-state index is -4.77. The van der Waals surface area contributed by atoms with Crippen molar-refractivity contribution in [2.45, 2.75) is 25.0 Å². The molecule has 14 heavy (non-hydrogen) atoms. The summed E-state index contributed by atoms with van der Waals surface area (Å²) in [6.07, 6.45) is -5.98. The minimum absolute atomic E-state index is 0.00285. The predicted octanol–water partition coefficient (Wildman–Crippen LogP) is 3.11. The fraction of sp³-hybridized carbons (Fsp3) is 0.833. The van der Waals surface area contributed by atoms with Crippen LogP contribution in [0.4, 0.5) is 18.0 Å². The summed E-state index contributed by atoms with van der Waals surface area (Å²) >= 11 is 4.96. The lowest BCUT2D eigenvalue weighted by atomic mass is 10.3. The van der Waals surface area contributed by atoms with Gasteiger partial charge in [0.2, 0.25) is 5.00 Å². The van der Waals surface area contributed by atoms with E-state index in [0.717, 1.165) is 0 Å². The first-order valence-corrected chi connectivity index (χ1v) is 3.94. The lowest BCUT2D eigenvalue weighted by Gasteiger charge is -2.18. The summed E-state index contributed by atoms with van der Waals surface area (Å²) in [5.41, 5.74) is 0. The van der Waals surface area contributed by atoms with E-state index in [1.54, 1.807) is 0 Å². The largest absolute Gasteiger partial charge is 0.452 e. The Hall–Kier alpha value is -0.850. The van der Waals surface area contributed by atoms with Crippen molar-refractivity contribution in [3.05, 3.63) is 0 Å². The highest BCUT2D eigenvalue weighted by molar-refractivity contribution is 6.24. The first-order chi connectivity index (χ1) is 6.20. The quantitative estimate of drug-likeness (QED) is 0.417. The van der Waals surface area contributed by atoms with Crippen LogP contribution < -0.4 is 0 Å². The van der Waals surface area contributed by atoms with E-state index in [9.17, 15) is 18.0 Å². The second-order valence-electron chi connectivity index (χ2n) is 2.35. The van der Waals surface area contributed by atoms with Gasteiger partial charge in [-0.1, -0.05) is 16.7 Å². The van der Waals surface area contributed by atoms with Crippen LogP contribution in [0.25, 0.3) is 0 Å². The number of nitrogens with zero attached hydrogens (tertiary/aromatic N) is 2. The third-order valence-corrected chi connectivity index (χ3v) is 1.39. The Bertz CT molecular complexity index is 240. The summed E-state index contributed by atoms with van der Waals surface area (Å²) in [5.74, 6) is 0. The first-order valence-electron chi connectivity index (χ1n) is 3.56. The average molecular weight is 233 g/mol. The molecule has 0 aromatic rings. The molecule has 0 fully saturated rings. The number of carbonyl (C=O) groups is 1. The Labute approximate surface area is 83.1 Å². The topological polar surface area (TPSA) is 51.0 Å². The van der Waals surface area contributed by atoms with E-state index in [-0.39, 0.29) is 6.61 Å². The van der Waals surface area contributed by atoms with Crippen LogP contribution in [0.2, 0.25) is 0 Å². The Morgan fingerprint density at radius 3 is 2.36 bits per heavy atom. The molecule has 1 atom stereocenters. The SMILES string of the molecule is CCOC(=O)/N=N/C(C)(Cl)C(F)(F)F. The van der Waals surface area contributed by atoms with Gasteiger partial charge in [-0.05, 0) is 13.8 Å². The van der Waals surface area contributed by atoms with E-state index >= 15 is 0 Å². The number of carbonyl (C=O) groups excluding carboxylic acids is 1. The van der Waals surface area contributed by atoms with Crippen molar-refractivity contribution in [2.75, 3.05) is 6.61 Å². The van der Waals surface area contributed by atoms with Crippen molar-refractivity contribution in [1.82, 2.24) is 0 Å². The summed E-state index contributed by atoms with van der Waals surface area (Å²) in [6.45, 7) is 2.07. The standard InChI is InChI=1S/C6H8ClF3N2O2/c1-3-14-4(13)11-12-5(2,7)6(8,9)10/h3H2,1-2H3/b12-11+. The van der Waals surface area contributed by atoms with Gasteiger partial charge in [-0.25, -0.2) is 4.79 Å². The molecule has 0 saturated heterocycles. The molecule has 0 spiro atoms. The van der Waals surface area contributed by atoms with Crippen molar-refractivity contribution in [3.8, 4) is 0 Å². The van der Waals surface area contributed by atoms with Gasteiger partial charge in [-0.3, -0.25) is 0 Å². The van der Waals surface area contributed by atoms with Crippen LogP contribution >= 0.6 is 11.6 Å². The van der Waals surface area contributed by atoms with Crippen molar-refractivity contribution < 1.29 is 22.7 Å². The van der Waals surface area contributed by atoms with Gasteiger partial charge in [0.25, 0.3) is 0 Å². The molecule has 0 rings (SSSR count). The Morgan fingerprint density at radius 1 is 1.50 bits per heavy atom. The number of amides is 1. The zero-order valence-corrected chi connectivity index (χ0v) is 8.19. The smallest absolute Gasteiger partial charge is 0.447 e. The number of halogens is 4. The molecule has 82 valence electrons. The number of rotatable bonds is 2. The summed E-state index contributed by atoms with van der Waals surface area (Å²) in [4.78, 5) is 7.61. The highest BCUT2D eigenvalue weighted by Crippen LogP contribution is 2.37. The van der Waals surface area contributed by atoms with Gasteiger partial charge in [0.1, 0.15) is 0 Å². The molecule has 0 aliphatic rings. The number of alkyl halides is 4. The van der Waals surface area contributed by atoms with Gasteiger partial charge in [0.15, 0.2) is 0 Å². The van der Waals surface area contributed by atoms with Crippen LogP contribution in [0.5, 0.6) is 0 Å². The van der Waals surface area contributed by atoms with Crippen LogP contribution in [0.1, 0.15) is 13.8 Å². The van der Waals surface area contributed by atoms with Gasteiger partial charge in [-0.2, -0.15) is 13.2 Å². The van der Waals surface area contributed by atoms with Crippen LogP contribution in [-0.4, -0.2) is 23.9 Å². The lowest BCUT2D eigenvalue weighted by molar-refractivity contribution is -0.157. The fourth-order valence-electron chi connectivity index (χ4n) is 0.344. The maximum absolute atomic E-state index is 12.0. The Balaban J connectivity index is 4.43. The Morgan fingerprint density at radius 2 is 2.00 bits per heavy atom. The van der Waals surface area contributed by atoms with Crippen LogP contribution in [0.15, 0.2) is 10.2 Å². The van der Waals surface area contributed by atoms with Crippen LogP contribution in [0, 0.1) is 0 Å². The molecule has 0 aliphatic heterocycles. The molecule has 1 amide bonds. The number of hydrogen-bond acceptors (Lipinski definition) is 3. The molecule has 0 radical (unpaired) electrons. The van der Waals surface area contributed by atoms with E-state index in [0.29, 0.717) is 6.92 Å². The van der Waals surface area contributed by atoms with Crippen LogP contribution in [0.3, 0.4) is 0 Å². The third-order valence-electron chi connectivity index (χ3n) is 1.10. The van der Waals surface area contributed by atoms with E-state index in [1.165, 1.54) is 6.92 Å². The maximum atomic E-state index is 12.0. The molecule has 0 aliphatic carbocycles. The van der Waals surface area contributed by atoms with Gasteiger partial charge >= 0.3 is 12.3 Å². The van der Waals surface area contributed by atoms with Gasteiger partial charge in [0, 0.05) is 0 Å². The minimum Gasteiger partial charge on any atom is -0.447 e. The predicted molar refractivity (Wildman–Crippen MR) is 42.2 cm³/mol. The molecule has 0 aromatic carbocycles. The average Bonchev–Trinajstić information content (AvgIpc) is 1.99. The monoisotopic (exact) mass is 232 g/mol. The molecule has 0 N–H and O–H groups in total. The van der Waals surface area contributed by atoms with Crippen molar-refractivity contribution in [2.24, 2.45) is 10.2 Å². The van der Waals surface area contributed by atoms with E-state index in [1.807, 2.05) is 0 Å². The summed E-state index contributed by atoms with van der Waals surface area (Å²) in [7, 11) is 0. The molecule has 1 unspecified atom stereocenters. The zero-order chi connectivity index (χ0) is 11.4. The molecule has 0 heterocycles. The number of hydrogen-bond donors (Lipinski definition) is 0. The molecular formula is C6H8ClF3N2O2. The highest BCUT2D eigenvalue weighted by Gasteiger charge is 2.51. The molecule has 4 nitrogen and oxygen atoms in total. The van der Waals surface area contributed by atoms with Crippen molar-refractivity contribution in [3.63, 3.8) is 0 Å². The van der Waals surface area contributed by atoms with Gasteiger partial charge in [-0.15, -0.1) is 5.11 Å². The zero-order valence-electron chi connectivity index (χ0n) is 7.43. The number of azo groups is 1. The van der Waals surface area contributed by atoms with Gasteiger partial charge in [0.05, 0.1) is 6.61 Å². The highest BCUT2D eigenvalue weighted by atomic mass is 35.5. The summed E-state index contributed by atoms with van der Waals surface area (Å²) < 4.78 is 40.3. The van der Waals surface area contributed by atoms with Crippen molar-refractivity contribution in [1.29, 1.82) is 0 Å². The van der Waals surface area contributed by atoms with E-state index in [4.69, 9.17) is 11.6 Å². The molecule has 8 heteroatoms. The second-order valence-corrected chi connectivity index (χ2v) is 3.09. The van der Waals surface area contributed by atoms with E-state index in [2.05, 4.69) is 15.0 Å². The summed E-state index contributed by atoms with van der Waals surface area (Å²) in [6, 6.07) is 0. The van der Waals surface area contributed by atoms with Gasteiger partial charge < -0.3 is 4.74 Å². The Kier molecular flexibility index (Phi) is 4.31. The molecule has 0 bridgehead atoms. The molecule has 0 aromatic heterocycles. The van der Waals surface area contributed by atoms with E-state index < -0.39 is 17.3 Å². The first kappa shape index (κ1) is 13.2. The summed E-state index contributed by atoms with van der Waals surface area (Å²) in [5, 5.41) is 5.30. The number of ether oxygens (including phenoxy) is 1. The third kappa shape index (κ3) is 3.91. The molecular weight excluding hydrogens is 225 g/mol. The van der Waals surface area contributed by atoms with Crippen molar-refractivity contribution >= 4 is 17.7 Å². The fourth-order valence-corrected chi connectivity index (χ4v) is 0.382. The maximum Gasteiger partial charge on any atom is 0.452 e. The second kappa shape index (κ2) is 4.59. The molecule has 0 saturated carbocycles. The normalized spacial score (nSPS) is 16.7.